The summed E-state index contributed by atoms with van der Waals surface area (Å²) in [6.45, 7) is 2.69. The van der Waals surface area contributed by atoms with E-state index in [1.807, 2.05) is 31.2 Å². The summed E-state index contributed by atoms with van der Waals surface area (Å²) in [5.41, 5.74) is 4.60. The molecule has 0 bridgehead atoms. The van der Waals surface area contributed by atoms with Gasteiger partial charge in [0.25, 0.3) is 5.91 Å². The zero-order chi connectivity index (χ0) is 24.1. The Hall–Kier alpha value is -3.39. The molecule has 1 aliphatic heterocycles. The Bertz CT molecular complexity index is 1010. The van der Waals surface area contributed by atoms with Crippen molar-refractivity contribution in [1.82, 2.24) is 10.2 Å². The van der Waals surface area contributed by atoms with Gasteiger partial charge in [-0.1, -0.05) is 55.5 Å². The molecule has 1 saturated heterocycles. The number of rotatable bonds is 9. The number of ether oxygens (including phenoxy) is 2. The van der Waals surface area contributed by atoms with Crippen LogP contribution in [0.4, 0.5) is 4.79 Å². The molecule has 2 aliphatic rings. The molecule has 4 rings (SSSR count). The average Bonchev–Trinajstić information content (AvgIpc) is 3.43. The third kappa shape index (κ3) is 5.07. The van der Waals surface area contributed by atoms with Gasteiger partial charge in [0, 0.05) is 31.5 Å². The standard InChI is InChI=1S/C26H30N2O6/c1-2-12-28(15-23(29)30)25(31)24-17(11-13-33-24)14-27-26(32)34-16-22-20-9-5-3-7-18(20)19-8-4-6-10-21(19)22/h3-10,17,22,24H,2,11-16H2,1H3,(H,27,32)(H,29,30)/t17-,24-/m0/s1. The van der Waals surface area contributed by atoms with E-state index in [1.165, 1.54) is 4.90 Å². The molecule has 1 aliphatic carbocycles. The van der Waals surface area contributed by atoms with Gasteiger partial charge in [-0.2, -0.15) is 0 Å². The number of nitrogens with zero attached hydrogens (tertiary/aromatic N) is 1. The van der Waals surface area contributed by atoms with E-state index in [4.69, 9.17) is 14.6 Å². The Morgan fingerprint density at radius 3 is 2.35 bits per heavy atom. The second-order valence-electron chi connectivity index (χ2n) is 8.70. The lowest BCUT2D eigenvalue weighted by atomic mass is 9.98. The Balaban J connectivity index is 1.33. The van der Waals surface area contributed by atoms with Crippen molar-refractivity contribution in [2.75, 3.05) is 32.8 Å². The number of hydrogen-bond acceptors (Lipinski definition) is 5. The van der Waals surface area contributed by atoms with Crippen LogP contribution < -0.4 is 5.32 Å². The normalized spacial score (nSPS) is 18.7. The van der Waals surface area contributed by atoms with E-state index in [1.54, 1.807) is 0 Å². The van der Waals surface area contributed by atoms with Gasteiger partial charge in [-0.15, -0.1) is 0 Å². The van der Waals surface area contributed by atoms with E-state index in [2.05, 4.69) is 29.6 Å². The van der Waals surface area contributed by atoms with E-state index in [0.717, 1.165) is 22.3 Å². The van der Waals surface area contributed by atoms with Crippen LogP contribution in [0.1, 0.15) is 36.8 Å². The summed E-state index contributed by atoms with van der Waals surface area (Å²) in [5, 5.41) is 11.9. The van der Waals surface area contributed by atoms with E-state index in [0.29, 0.717) is 26.0 Å². The predicted molar refractivity (Wildman–Crippen MR) is 125 cm³/mol. The summed E-state index contributed by atoms with van der Waals surface area (Å²) >= 11 is 0. The minimum atomic E-state index is -1.06. The maximum absolute atomic E-state index is 12.9. The average molecular weight is 467 g/mol. The van der Waals surface area contributed by atoms with E-state index >= 15 is 0 Å². The lowest BCUT2D eigenvalue weighted by molar-refractivity contribution is -0.150. The van der Waals surface area contributed by atoms with E-state index in [9.17, 15) is 14.4 Å². The summed E-state index contributed by atoms with van der Waals surface area (Å²) < 4.78 is 11.2. The molecule has 34 heavy (non-hydrogen) atoms. The maximum atomic E-state index is 12.9. The first kappa shape index (κ1) is 23.8. The van der Waals surface area contributed by atoms with Crippen LogP contribution in [0.2, 0.25) is 0 Å². The number of carbonyl (C=O) groups is 3. The number of aliphatic carboxylic acids is 1. The van der Waals surface area contributed by atoms with E-state index in [-0.39, 0.29) is 37.4 Å². The van der Waals surface area contributed by atoms with Crippen molar-refractivity contribution in [3.63, 3.8) is 0 Å². The van der Waals surface area contributed by atoms with Crippen molar-refractivity contribution >= 4 is 18.0 Å². The summed E-state index contributed by atoms with van der Waals surface area (Å²) in [6.07, 6.45) is -0.0580. The third-order valence-electron chi connectivity index (χ3n) is 6.44. The molecule has 2 aromatic rings. The molecule has 8 nitrogen and oxygen atoms in total. The molecule has 2 N–H and O–H groups in total. The molecule has 8 heteroatoms. The quantitative estimate of drug-likeness (QED) is 0.588. The maximum Gasteiger partial charge on any atom is 0.407 e. The number of carboxylic acid groups (broad SMARTS) is 1. The number of carboxylic acids is 1. The van der Waals surface area contributed by atoms with Crippen molar-refractivity contribution in [2.45, 2.75) is 31.8 Å². The van der Waals surface area contributed by atoms with Crippen molar-refractivity contribution in [3.8, 4) is 11.1 Å². The Kier molecular flexibility index (Phi) is 7.47. The molecule has 1 fully saturated rings. The van der Waals surface area contributed by atoms with Gasteiger partial charge >= 0.3 is 12.1 Å². The number of benzene rings is 2. The first-order chi connectivity index (χ1) is 16.5. The highest BCUT2D eigenvalue weighted by molar-refractivity contribution is 5.85. The molecule has 0 unspecified atom stereocenters. The van der Waals surface area contributed by atoms with Crippen LogP contribution in [-0.4, -0.2) is 66.9 Å². The van der Waals surface area contributed by atoms with Crippen molar-refractivity contribution < 1.29 is 29.0 Å². The van der Waals surface area contributed by atoms with Crippen LogP contribution in [0, 0.1) is 5.92 Å². The van der Waals surface area contributed by atoms with Crippen LogP contribution >= 0.6 is 0 Å². The molecular formula is C26H30N2O6. The Morgan fingerprint density at radius 2 is 1.74 bits per heavy atom. The highest BCUT2D eigenvalue weighted by Gasteiger charge is 2.37. The van der Waals surface area contributed by atoms with Gasteiger partial charge in [0.2, 0.25) is 0 Å². The van der Waals surface area contributed by atoms with Crippen molar-refractivity contribution in [3.05, 3.63) is 59.7 Å². The summed E-state index contributed by atoms with van der Waals surface area (Å²) in [4.78, 5) is 37.8. The number of alkyl carbamates (subject to hydrolysis) is 1. The third-order valence-corrected chi connectivity index (χ3v) is 6.44. The fourth-order valence-corrected chi connectivity index (χ4v) is 4.86. The zero-order valence-corrected chi connectivity index (χ0v) is 19.2. The summed E-state index contributed by atoms with van der Waals surface area (Å²) in [5.74, 6) is -1.67. The molecule has 180 valence electrons. The van der Waals surface area contributed by atoms with Crippen molar-refractivity contribution in [1.29, 1.82) is 0 Å². The van der Waals surface area contributed by atoms with Gasteiger partial charge in [-0.05, 0) is 35.1 Å². The second kappa shape index (κ2) is 10.7. The van der Waals surface area contributed by atoms with Crippen LogP contribution in [0.5, 0.6) is 0 Å². The number of amides is 2. The lowest BCUT2D eigenvalue weighted by Gasteiger charge is -2.26. The number of nitrogens with one attached hydrogen (secondary N) is 1. The number of carbonyl (C=O) groups excluding carboxylic acids is 2. The monoisotopic (exact) mass is 466 g/mol. The summed E-state index contributed by atoms with van der Waals surface area (Å²) in [7, 11) is 0. The highest BCUT2D eigenvalue weighted by Crippen LogP contribution is 2.44. The van der Waals surface area contributed by atoms with Gasteiger partial charge in [0.15, 0.2) is 0 Å². The van der Waals surface area contributed by atoms with Gasteiger partial charge in [0.05, 0.1) is 0 Å². The molecular weight excluding hydrogens is 436 g/mol. The SMILES string of the molecule is CCCN(CC(=O)O)C(=O)[C@H]1OCC[C@H]1CNC(=O)OCC1c2ccccc2-c2ccccc21. The Morgan fingerprint density at radius 1 is 1.09 bits per heavy atom. The molecule has 0 saturated carbocycles. The Labute approximate surface area is 198 Å². The van der Waals surface area contributed by atoms with Crippen LogP contribution in [-0.2, 0) is 19.1 Å². The smallest absolute Gasteiger partial charge is 0.407 e. The van der Waals surface area contributed by atoms with Crippen LogP contribution in [0.25, 0.3) is 11.1 Å². The van der Waals surface area contributed by atoms with Crippen molar-refractivity contribution in [2.24, 2.45) is 5.92 Å². The predicted octanol–water partition coefficient (Wildman–Crippen LogP) is 3.25. The number of fused-ring (bicyclic) bond motifs is 3. The molecule has 2 atom stereocenters. The van der Waals surface area contributed by atoms with Crippen LogP contribution in [0.3, 0.4) is 0 Å². The molecule has 0 spiro atoms. The fourth-order valence-electron chi connectivity index (χ4n) is 4.86. The lowest BCUT2D eigenvalue weighted by Crippen LogP contribution is -2.46. The minimum Gasteiger partial charge on any atom is -0.480 e. The first-order valence-electron chi connectivity index (χ1n) is 11.7. The molecule has 1 heterocycles. The van der Waals surface area contributed by atoms with E-state index < -0.39 is 18.2 Å². The van der Waals surface area contributed by atoms with Crippen LogP contribution in [0.15, 0.2) is 48.5 Å². The molecule has 0 aromatic heterocycles. The summed E-state index contributed by atoms with van der Waals surface area (Å²) in [6, 6.07) is 16.3. The molecule has 0 radical (unpaired) electrons. The molecule has 2 amide bonds. The largest absolute Gasteiger partial charge is 0.480 e. The fraction of sp³-hybridized carbons (Fsp3) is 0.423. The highest BCUT2D eigenvalue weighted by atomic mass is 16.5. The van der Waals surface area contributed by atoms with Gasteiger partial charge in [-0.25, -0.2) is 4.79 Å². The minimum absolute atomic E-state index is 0.0269. The topological polar surface area (TPSA) is 105 Å². The second-order valence-corrected chi connectivity index (χ2v) is 8.70. The van der Waals surface area contributed by atoms with Gasteiger partial charge in [-0.3, -0.25) is 9.59 Å². The first-order valence-corrected chi connectivity index (χ1v) is 11.7. The van der Waals surface area contributed by atoms with Gasteiger partial charge in [0.1, 0.15) is 19.3 Å². The molecule has 2 aromatic carbocycles. The zero-order valence-electron chi connectivity index (χ0n) is 19.2. The number of hydrogen-bond donors (Lipinski definition) is 2. The van der Waals surface area contributed by atoms with Gasteiger partial charge < -0.3 is 24.8 Å².